The van der Waals surface area contributed by atoms with Gasteiger partial charge in [-0.15, -0.1) is 0 Å². The molecule has 1 aromatic heterocycles. The van der Waals surface area contributed by atoms with Crippen molar-refractivity contribution in [2.75, 3.05) is 12.4 Å². The molecule has 0 radical (unpaired) electrons. The highest BCUT2D eigenvalue weighted by atomic mass is 19.1. The van der Waals surface area contributed by atoms with Crippen molar-refractivity contribution >= 4 is 11.8 Å². The minimum absolute atomic E-state index is 0.191. The number of amides is 2. The van der Waals surface area contributed by atoms with Gasteiger partial charge in [-0.3, -0.25) is 5.32 Å². The first-order chi connectivity index (χ1) is 9.47. The third-order valence-electron chi connectivity index (χ3n) is 3.12. The number of anilines is 1. The summed E-state index contributed by atoms with van der Waals surface area (Å²) in [4.78, 5) is 13.6. The number of halogens is 1. The molecule has 1 unspecified atom stereocenters. The predicted octanol–water partition coefficient (Wildman–Crippen LogP) is 3.35. The second-order valence-electron chi connectivity index (χ2n) is 4.59. The molecule has 0 bridgehead atoms. The van der Waals surface area contributed by atoms with Crippen LogP contribution in [-0.4, -0.2) is 23.1 Å². The molecule has 0 saturated heterocycles. The van der Waals surface area contributed by atoms with Crippen LogP contribution in [0.2, 0.25) is 0 Å². The minimum atomic E-state index is -0.310. The summed E-state index contributed by atoms with van der Waals surface area (Å²) in [5.41, 5.74) is 0.848. The fourth-order valence-electron chi connectivity index (χ4n) is 1.76. The molecule has 106 valence electrons. The highest BCUT2D eigenvalue weighted by molar-refractivity contribution is 5.88. The number of rotatable bonds is 3. The van der Waals surface area contributed by atoms with Crippen molar-refractivity contribution < 1.29 is 13.7 Å². The molecule has 1 atom stereocenters. The number of hydrogen-bond acceptors (Lipinski definition) is 3. The first-order valence-electron chi connectivity index (χ1n) is 6.20. The second kappa shape index (κ2) is 5.73. The zero-order valence-corrected chi connectivity index (χ0v) is 11.6. The summed E-state index contributed by atoms with van der Waals surface area (Å²) in [7, 11) is 1.66. The minimum Gasteiger partial charge on any atom is -0.360 e. The van der Waals surface area contributed by atoms with Gasteiger partial charge in [-0.1, -0.05) is 17.3 Å². The van der Waals surface area contributed by atoms with Crippen LogP contribution in [0.1, 0.15) is 24.3 Å². The summed E-state index contributed by atoms with van der Waals surface area (Å²) < 4.78 is 17.8. The molecule has 2 amide bonds. The number of aryl methyl sites for hydroxylation is 1. The monoisotopic (exact) mass is 277 g/mol. The molecule has 1 N–H and O–H groups in total. The average molecular weight is 277 g/mol. The first kappa shape index (κ1) is 14.0. The summed E-state index contributed by atoms with van der Waals surface area (Å²) in [6, 6.07) is 7.19. The number of nitrogens with one attached hydrogen (secondary N) is 1. The maximum Gasteiger partial charge on any atom is 0.323 e. The Bertz CT molecular complexity index is 595. The van der Waals surface area contributed by atoms with Gasteiger partial charge in [0.2, 0.25) is 0 Å². The molecule has 5 nitrogen and oxygen atoms in total. The highest BCUT2D eigenvalue weighted by Crippen LogP contribution is 2.20. The molecule has 20 heavy (non-hydrogen) atoms. The Labute approximate surface area is 116 Å². The molecule has 2 aromatic rings. The van der Waals surface area contributed by atoms with Crippen LogP contribution < -0.4 is 5.32 Å². The van der Waals surface area contributed by atoms with Gasteiger partial charge in [0.15, 0.2) is 5.82 Å². The molecule has 1 heterocycles. The van der Waals surface area contributed by atoms with E-state index in [1.165, 1.54) is 17.0 Å². The lowest BCUT2D eigenvalue weighted by molar-refractivity contribution is 0.208. The zero-order valence-electron chi connectivity index (χ0n) is 11.6. The number of nitrogens with zero attached hydrogens (tertiary/aromatic N) is 2. The third kappa shape index (κ3) is 3.14. The van der Waals surface area contributed by atoms with E-state index in [0.29, 0.717) is 11.6 Å². The molecule has 0 aliphatic carbocycles. The number of benzene rings is 1. The van der Waals surface area contributed by atoms with Gasteiger partial charge in [0.25, 0.3) is 0 Å². The Kier molecular flexibility index (Phi) is 4.02. The summed E-state index contributed by atoms with van der Waals surface area (Å²) >= 11 is 0. The summed E-state index contributed by atoms with van der Waals surface area (Å²) in [5.74, 6) is 0.686. The maximum absolute atomic E-state index is 12.9. The largest absolute Gasteiger partial charge is 0.360 e. The van der Waals surface area contributed by atoms with Crippen molar-refractivity contribution in [2.45, 2.75) is 19.9 Å². The van der Waals surface area contributed by atoms with E-state index in [-0.39, 0.29) is 17.9 Å². The van der Waals surface area contributed by atoms with Crippen LogP contribution in [0.5, 0.6) is 0 Å². The number of aromatic nitrogens is 1. The van der Waals surface area contributed by atoms with Gasteiger partial charge >= 0.3 is 6.03 Å². The fourth-order valence-corrected chi connectivity index (χ4v) is 1.76. The summed E-state index contributed by atoms with van der Waals surface area (Å²) in [6.07, 6.45) is 0. The van der Waals surface area contributed by atoms with Crippen molar-refractivity contribution in [3.8, 4) is 0 Å². The van der Waals surface area contributed by atoms with E-state index in [1.54, 1.807) is 32.2 Å². The van der Waals surface area contributed by atoms with Gasteiger partial charge in [0.05, 0.1) is 6.04 Å². The van der Waals surface area contributed by atoms with Gasteiger partial charge < -0.3 is 9.42 Å². The quantitative estimate of drug-likeness (QED) is 0.936. The smallest absolute Gasteiger partial charge is 0.323 e. The Morgan fingerprint density at radius 2 is 2.05 bits per heavy atom. The Morgan fingerprint density at radius 1 is 1.40 bits per heavy atom. The number of hydrogen-bond donors (Lipinski definition) is 1. The lowest BCUT2D eigenvalue weighted by atomic mass is 10.1. The molecule has 6 heteroatoms. The normalized spacial score (nSPS) is 12.0. The van der Waals surface area contributed by atoms with E-state index < -0.39 is 0 Å². The van der Waals surface area contributed by atoms with Crippen molar-refractivity contribution in [1.82, 2.24) is 10.1 Å². The summed E-state index contributed by atoms with van der Waals surface area (Å²) in [6.45, 7) is 3.61. The van der Waals surface area contributed by atoms with Crippen LogP contribution in [0.15, 0.2) is 34.9 Å². The molecule has 0 saturated carbocycles. The Hall–Kier alpha value is -2.37. The molecule has 1 aromatic carbocycles. The molecular weight excluding hydrogens is 261 g/mol. The van der Waals surface area contributed by atoms with Gasteiger partial charge in [-0.2, -0.15) is 0 Å². The van der Waals surface area contributed by atoms with E-state index in [1.807, 2.05) is 6.92 Å². The molecule has 2 rings (SSSR count). The number of urea groups is 1. The van der Waals surface area contributed by atoms with Crippen molar-refractivity contribution in [3.05, 3.63) is 47.5 Å². The average Bonchev–Trinajstić information content (AvgIpc) is 2.83. The van der Waals surface area contributed by atoms with Gasteiger partial charge in [0.1, 0.15) is 11.6 Å². The van der Waals surface area contributed by atoms with Crippen LogP contribution in [0.25, 0.3) is 0 Å². The summed E-state index contributed by atoms with van der Waals surface area (Å²) in [5, 5.41) is 6.33. The van der Waals surface area contributed by atoms with E-state index in [4.69, 9.17) is 4.52 Å². The lowest BCUT2D eigenvalue weighted by Crippen LogP contribution is -2.33. The number of carbonyl (C=O) groups is 1. The van der Waals surface area contributed by atoms with E-state index in [2.05, 4.69) is 10.5 Å². The topological polar surface area (TPSA) is 58.4 Å². The third-order valence-corrected chi connectivity index (χ3v) is 3.12. The standard InChI is InChI=1S/C14H16FN3O2/c1-9-8-13(17-20-9)16-14(19)18(3)10(2)11-4-6-12(15)7-5-11/h4-8,10H,1-3H3,(H,16,17,19). The van der Waals surface area contributed by atoms with Crippen molar-refractivity contribution in [1.29, 1.82) is 0 Å². The zero-order chi connectivity index (χ0) is 14.7. The molecule has 0 aliphatic heterocycles. The molecule has 0 aliphatic rings. The van der Waals surface area contributed by atoms with E-state index in [0.717, 1.165) is 5.56 Å². The lowest BCUT2D eigenvalue weighted by Gasteiger charge is -2.25. The number of carbonyl (C=O) groups excluding carboxylic acids is 1. The first-order valence-corrected chi connectivity index (χ1v) is 6.20. The van der Waals surface area contributed by atoms with Gasteiger partial charge in [-0.05, 0) is 31.5 Å². The molecule has 0 spiro atoms. The predicted molar refractivity (Wildman–Crippen MR) is 72.8 cm³/mol. The van der Waals surface area contributed by atoms with E-state index >= 15 is 0 Å². The molecule has 0 fully saturated rings. The van der Waals surface area contributed by atoms with Crippen LogP contribution >= 0.6 is 0 Å². The Morgan fingerprint density at radius 3 is 2.60 bits per heavy atom. The van der Waals surface area contributed by atoms with Crippen LogP contribution in [0.3, 0.4) is 0 Å². The highest BCUT2D eigenvalue weighted by Gasteiger charge is 2.18. The van der Waals surface area contributed by atoms with Crippen LogP contribution in [0.4, 0.5) is 15.0 Å². The van der Waals surface area contributed by atoms with Crippen LogP contribution in [-0.2, 0) is 0 Å². The van der Waals surface area contributed by atoms with Crippen LogP contribution in [0, 0.1) is 12.7 Å². The van der Waals surface area contributed by atoms with Crippen molar-refractivity contribution in [2.24, 2.45) is 0 Å². The fraction of sp³-hybridized carbons (Fsp3) is 0.286. The van der Waals surface area contributed by atoms with E-state index in [9.17, 15) is 9.18 Å². The van der Waals surface area contributed by atoms with Crippen molar-refractivity contribution in [3.63, 3.8) is 0 Å². The van der Waals surface area contributed by atoms with Gasteiger partial charge in [0, 0.05) is 13.1 Å². The molecular formula is C14H16FN3O2. The second-order valence-corrected chi connectivity index (χ2v) is 4.59. The SMILES string of the molecule is Cc1cc(NC(=O)N(C)C(C)c2ccc(F)cc2)no1. The van der Waals surface area contributed by atoms with Gasteiger partial charge in [-0.25, -0.2) is 9.18 Å². The Balaban J connectivity index is 2.04. The maximum atomic E-state index is 12.9.